The minimum atomic E-state index is -0.811. The van der Waals surface area contributed by atoms with E-state index < -0.39 is 27.2 Å². The number of carbonyl (C=O) groups is 1. The zero-order valence-electron chi connectivity index (χ0n) is 11.7. The van der Waals surface area contributed by atoms with Gasteiger partial charge in [0.25, 0.3) is 17.3 Å². The van der Waals surface area contributed by atoms with Crippen LogP contribution in [0.25, 0.3) is 6.08 Å². The molecule has 0 spiro atoms. The van der Waals surface area contributed by atoms with E-state index in [1.165, 1.54) is 12.3 Å². The van der Waals surface area contributed by atoms with Gasteiger partial charge in [-0.2, -0.15) is 0 Å². The molecule has 0 atom stereocenters. The van der Waals surface area contributed by atoms with Gasteiger partial charge < -0.3 is 9.15 Å². The number of nitro groups is 2. The summed E-state index contributed by atoms with van der Waals surface area (Å²) in [7, 11) is 0. The van der Waals surface area contributed by atoms with Crippen molar-refractivity contribution in [3.8, 4) is 0 Å². The fourth-order valence-corrected chi connectivity index (χ4v) is 1.99. The number of aliphatic imine (C=N–C) groups is 1. The van der Waals surface area contributed by atoms with Crippen LogP contribution in [0, 0.1) is 20.2 Å². The highest BCUT2D eigenvalue weighted by atomic mass is 16.6. The lowest BCUT2D eigenvalue weighted by Gasteiger charge is -1.98. The predicted molar refractivity (Wildman–Crippen MR) is 79.1 cm³/mol. The van der Waals surface area contributed by atoms with Crippen molar-refractivity contribution in [1.82, 2.24) is 0 Å². The van der Waals surface area contributed by atoms with Gasteiger partial charge in [-0.15, -0.1) is 0 Å². The minimum Gasteiger partial charge on any atom is -0.459 e. The summed E-state index contributed by atoms with van der Waals surface area (Å²) in [4.78, 5) is 36.0. The molecule has 3 rings (SSSR count). The average molecular weight is 329 g/mol. The van der Waals surface area contributed by atoms with Gasteiger partial charge in [-0.05, 0) is 24.3 Å². The third-order valence-electron chi connectivity index (χ3n) is 3.07. The first-order valence-electron chi connectivity index (χ1n) is 6.45. The molecule has 10 nitrogen and oxygen atoms in total. The van der Waals surface area contributed by atoms with Crippen LogP contribution >= 0.6 is 0 Å². The predicted octanol–water partition coefficient (Wildman–Crippen LogP) is 2.44. The topological polar surface area (TPSA) is 138 Å². The van der Waals surface area contributed by atoms with E-state index in [2.05, 4.69) is 4.99 Å². The number of hydrogen-bond acceptors (Lipinski definition) is 8. The minimum absolute atomic E-state index is 0.0120. The van der Waals surface area contributed by atoms with Gasteiger partial charge in [-0.25, -0.2) is 9.79 Å². The number of esters is 1. The lowest BCUT2D eigenvalue weighted by Crippen LogP contribution is -2.04. The molecule has 1 aromatic carbocycles. The molecule has 0 radical (unpaired) electrons. The standard InChI is InChI=1S/C14H7N3O7/c18-14-10(15-13(24-14)12-2-1-5-23-12)6-8-3-4-9(16(19)20)7-11(8)17(21)22/h1-7H/b10-6-. The number of furan rings is 1. The highest BCUT2D eigenvalue weighted by Crippen LogP contribution is 2.28. The van der Waals surface area contributed by atoms with Crippen LogP contribution in [0.15, 0.2) is 51.7 Å². The number of benzene rings is 1. The maximum Gasteiger partial charge on any atom is 0.363 e. The molecule has 0 fully saturated rings. The quantitative estimate of drug-likeness (QED) is 0.363. The summed E-state index contributed by atoms with van der Waals surface area (Å²) < 4.78 is 9.97. The van der Waals surface area contributed by atoms with Gasteiger partial charge in [0, 0.05) is 6.07 Å². The molecule has 0 amide bonds. The summed E-state index contributed by atoms with van der Waals surface area (Å²) in [5, 5.41) is 21.8. The normalized spacial score (nSPS) is 15.2. The van der Waals surface area contributed by atoms with Crippen LogP contribution < -0.4 is 0 Å². The van der Waals surface area contributed by atoms with Crippen LogP contribution in [-0.2, 0) is 9.53 Å². The number of rotatable bonds is 4. The summed E-state index contributed by atoms with van der Waals surface area (Å²) in [5.74, 6) is -0.653. The van der Waals surface area contributed by atoms with E-state index >= 15 is 0 Å². The molecule has 24 heavy (non-hydrogen) atoms. The van der Waals surface area contributed by atoms with Crippen molar-refractivity contribution in [2.75, 3.05) is 0 Å². The summed E-state index contributed by atoms with van der Waals surface area (Å²) in [5.41, 5.74) is -1.15. The maximum absolute atomic E-state index is 11.8. The second-order valence-corrected chi connectivity index (χ2v) is 4.57. The van der Waals surface area contributed by atoms with Gasteiger partial charge in [-0.1, -0.05) is 0 Å². The van der Waals surface area contributed by atoms with Gasteiger partial charge in [0.2, 0.25) is 0 Å². The van der Waals surface area contributed by atoms with Crippen LogP contribution in [0.2, 0.25) is 0 Å². The van der Waals surface area contributed by atoms with Crippen LogP contribution in [0.4, 0.5) is 11.4 Å². The molecule has 120 valence electrons. The monoisotopic (exact) mass is 329 g/mol. The van der Waals surface area contributed by atoms with Crippen molar-refractivity contribution in [1.29, 1.82) is 0 Å². The Balaban J connectivity index is 2.03. The van der Waals surface area contributed by atoms with Crippen molar-refractivity contribution < 1.29 is 23.8 Å². The molecule has 1 aliphatic rings. The third kappa shape index (κ3) is 2.75. The Hall–Kier alpha value is -3.82. The maximum atomic E-state index is 11.8. The Kier molecular flexibility index (Phi) is 3.62. The first-order chi connectivity index (χ1) is 11.5. The molecular weight excluding hydrogens is 322 g/mol. The molecule has 10 heteroatoms. The number of hydrogen-bond donors (Lipinski definition) is 0. The molecule has 2 aromatic rings. The van der Waals surface area contributed by atoms with E-state index in [1.807, 2.05) is 0 Å². The van der Waals surface area contributed by atoms with Crippen LogP contribution in [0.5, 0.6) is 0 Å². The summed E-state index contributed by atoms with van der Waals surface area (Å²) in [6.07, 6.45) is 2.49. The summed E-state index contributed by atoms with van der Waals surface area (Å²) in [6.45, 7) is 0. The lowest BCUT2D eigenvalue weighted by molar-refractivity contribution is -0.394. The highest BCUT2D eigenvalue weighted by Gasteiger charge is 2.27. The van der Waals surface area contributed by atoms with E-state index in [0.717, 1.165) is 24.3 Å². The largest absolute Gasteiger partial charge is 0.459 e. The van der Waals surface area contributed by atoms with Gasteiger partial charge >= 0.3 is 5.97 Å². The van der Waals surface area contributed by atoms with E-state index in [9.17, 15) is 25.0 Å². The SMILES string of the molecule is O=C1OC(c2ccco2)=N/C1=C\c1ccc([N+](=O)[O-])cc1[N+](=O)[O-]. The Morgan fingerprint density at radius 1 is 1.12 bits per heavy atom. The van der Waals surface area contributed by atoms with Crippen molar-refractivity contribution in [2.24, 2.45) is 4.99 Å². The van der Waals surface area contributed by atoms with Crippen molar-refractivity contribution in [2.45, 2.75) is 0 Å². The van der Waals surface area contributed by atoms with Gasteiger partial charge in [0.15, 0.2) is 11.5 Å². The molecule has 1 aliphatic heterocycles. The molecule has 0 bridgehead atoms. The highest BCUT2D eigenvalue weighted by molar-refractivity contribution is 6.12. The van der Waals surface area contributed by atoms with Crippen molar-refractivity contribution in [3.63, 3.8) is 0 Å². The molecule has 0 aliphatic carbocycles. The van der Waals surface area contributed by atoms with Gasteiger partial charge in [0.05, 0.1) is 27.7 Å². The molecule has 0 unspecified atom stereocenters. The molecule has 1 aromatic heterocycles. The van der Waals surface area contributed by atoms with Gasteiger partial charge in [0.1, 0.15) is 0 Å². The number of nitrogens with zero attached hydrogens (tertiary/aromatic N) is 3. The number of carbonyl (C=O) groups excluding carboxylic acids is 1. The average Bonchev–Trinajstić information content (AvgIpc) is 3.17. The van der Waals surface area contributed by atoms with Crippen molar-refractivity contribution in [3.05, 3.63) is 73.8 Å². The molecule has 0 saturated carbocycles. The fraction of sp³-hybridized carbons (Fsp3) is 0. The zero-order valence-corrected chi connectivity index (χ0v) is 11.7. The molecule has 0 N–H and O–H groups in total. The van der Waals surface area contributed by atoms with E-state index in [-0.39, 0.29) is 22.9 Å². The van der Waals surface area contributed by atoms with E-state index in [1.54, 1.807) is 6.07 Å². The van der Waals surface area contributed by atoms with Crippen LogP contribution in [0.3, 0.4) is 0 Å². The fourth-order valence-electron chi connectivity index (χ4n) is 1.99. The Morgan fingerprint density at radius 3 is 2.54 bits per heavy atom. The van der Waals surface area contributed by atoms with Crippen LogP contribution in [0.1, 0.15) is 11.3 Å². The number of nitro benzene ring substituents is 2. The lowest BCUT2D eigenvalue weighted by atomic mass is 10.1. The van der Waals surface area contributed by atoms with E-state index in [0.29, 0.717) is 0 Å². The molecular formula is C14H7N3O7. The Bertz CT molecular complexity index is 912. The third-order valence-corrected chi connectivity index (χ3v) is 3.07. The number of cyclic esters (lactones) is 1. The first kappa shape index (κ1) is 15.1. The van der Waals surface area contributed by atoms with E-state index in [4.69, 9.17) is 9.15 Å². The Labute approximate surface area is 133 Å². The molecule has 0 saturated heterocycles. The molecule has 2 heterocycles. The number of non-ortho nitro benzene ring substituents is 1. The second kappa shape index (κ2) is 5.76. The smallest absolute Gasteiger partial charge is 0.363 e. The zero-order chi connectivity index (χ0) is 17.3. The second-order valence-electron chi connectivity index (χ2n) is 4.57. The first-order valence-corrected chi connectivity index (χ1v) is 6.45. The Morgan fingerprint density at radius 2 is 1.92 bits per heavy atom. The number of ether oxygens (including phenoxy) is 1. The summed E-state index contributed by atoms with van der Waals surface area (Å²) in [6, 6.07) is 6.18. The van der Waals surface area contributed by atoms with Crippen LogP contribution in [-0.4, -0.2) is 21.7 Å². The summed E-state index contributed by atoms with van der Waals surface area (Å²) >= 11 is 0. The van der Waals surface area contributed by atoms with Crippen molar-refractivity contribution >= 4 is 29.3 Å². The van der Waals surface area contributed by atoms with Gasteiger partial charge in [-0.3, -0.25) is 20.2 Å².